The van der Waals surface area contributed by atoms with E-state index in [1.807, 2.05) is 6.92 Å². The molecule has 0 amide bonds. The van der Waals surface area contributed by atoms with Gasteiger partial charge in [-0.1, -0.05) is 6.92 Å². The average molecular weight is 340 g/mol. The molecule has 3 heterocycles. The highest BCUT2D eigenvalue weighted by Gasteiger charge is 2.31. The minimum absolute atomic E-state index is 0.360. The van der Waals surface area contributed by atoms with Crippen LogP contribution in [0.2, 0.25) is 0 Å². The number of thioether (sulfide) groups is 1. The van der Waals surface area contributed by atoms with Gasteiger partial charge in [0.1, 0.15) is 22.1 Å². The first-order valence-corrected chi connectivity index (χ1v) is 7.66. The molecule has 3 rings (SSSR count). The van der Waals surface area contributed by atoms with Crippen LogP contribution in [0.25, 0.3) is 17.0 Å². The van der Waals surface area contributed by atoms with Crippen molar-refractivity contribution in [2.24, 2.45) is 0 Å². The van der Waals surface area contributed by atoms with E-state index in [9.17, 15) is 18.0 Å². The van der Waals surface area contributed by atoms with Crippen LogP contribution in [0.4, 0.5) is 13.2 Å². The van der Waals surface area contributed by atoms with Gasteiger partial charge in [0, 0.05) is 12.4 Å². The summed E-state index contributed by atoms with van der Waals surface area (Å²) in [6.07, 6.45) is -0.895. The predicted molar refractivity (Wildman–Crippen MR) is 80.4 cm³/mol. The second-order valence-electron chi connectivity index (χ2n) is 4.64. The summed E-state index contributed by atoms with van der Waals surface area (Å²) in [5.74, 6) is 0.653. The second-order valence-corrected chi connectivity index (χ2v) is 5.89. The van der Waals surface area contributed by atoms with Gasteiger partial charge in [0.25, 0.3) is 5.56 Å². The summed E-state index contributed by atoms with van der Waals surface area (Å²) < 4.78 is 40.1. The number of aromatic amines is 1. The number of rotatable bonds is 3. The summed E-state index contributed by atoms with van der Waals surface area (Å²) in [6, 6.07) is 2.31. The number of nitrogens with zero attached hydrogens (tertiary/aromatic N) is 3. The van der Waals surface area contributed by atoms with Gasteiger partial charge in [-0.15, -0.1) is 11.8 Å². The minimum atomic E-state index is -4.43. The molecular weight excluding hydrogens is 329 g/mol. The Labute approximate surface area is 132 Å². The Bertz CT molecular complexity index is 896. The summed E-state index contributed by atoms with van der Waals surface area (Å²) in [7, 11) is 0. The minimum Gasteiger partial charge on any atom is -0.326 e. The van der Waals surface area contributed by atoms with Crippen molar-refractivity contribution < 1.29 is 13.2 Å². The van der Waals surface area contributed by atoms with Crippen molar-refractivity contribution in [2.75, 3.05) is 5.75 Å². The van der Waals surface area contributed by atoms with E-state index in [0.717, 1.165) is 18.5 Å². The maximum absolute atomic E-state index is 12.9. The SMILES string of the molecule is CCSc1c(-c2c[nH]c(=O)cn2)nc2ccc(C(F)(F)F)cn12. The molecule has 0 aromatic carbocycles. The topological polar surface area (TPSA) is 63.0 Å². The summed E-state index contributed by atoms with van der Waals surface area (Å²) >= 11 is 1.36. The number of halogens is 3. The van der Waals surface area contributed by atoms with Gasteiger partial charge < -0.3 is 4.98 Å². The second kappa shape index (κ2) is 5.73. The molecule has 0 saturated heterocycles. The number of alkyl halides is 3. The number of nitrogens with one attached hydrogen (secondary N) is 1. The van der Waals surface area contributed by atoms with E-state index >= 15 is 0 Å². The zero-order valence-corrected chi connectivity index (χ0v) is 12.7. The molecule has 1 N–H and O–H groups in total. The van der Waals surface area contributed by atoms with E-state index in [4.69, 9.17) is 0 Å². The van der Waals surface area contributed by atoms with Gasteiger partial charge in [-0.2, -0.15) is 13.2 Å². The van der Waals surface area contributed by atoms with Crippen molar-refractivity contribution in [3.05, 3.63) is 46.6 Å². The molecule has 3 aromatic heterocycles. The Balaban J connectivity index is 2.24. The molecule has 0 bridgehead atoms. The molecule has 0 aliphatic rings. The Morgan fingerprint density at radius 3 is 2.74 bits per heavy atom. The summed E-state index contributed by atoms with van der Waals surface area (Å²) in [4.78, 5) is 22.0. The van der Waals surface area contributed by atoms with Crippen molar-refractivity contribution in [1.29, 1.82) is 0 Å². The number of H-pyrrole nitrogens is 1. The van der Waals surface area contributed by atoms with Crippen molar-refractivity contribution in [3.63, 3.8) is 0 Å². The van der Waals surface area contributed by atoms with Crippen molar-refractivity contribution >= 4 is 17.4 Å². The number of fused-ring (bicyclic) bond motifs is 1. The van der Waals surface area contributed by atoms with Crippen LogP contribution in [0.1, 0.15) is 12.5 Å². The van der Waals surface area contributed by atoms with Crippen molar-refractivity contribution in [2.45, 2.75) is 18.1 Å². The molecular formula is C14H11F3N4OS. The monoisotopic (exact) mass is 340 g/mol. The van der Waals surface area contributed by atoms with Gasteiger partial charge in [-0.3, -0.25) is 9.20 Å². The first-order chi connectivity index (χ1) is 10.9. The van der Waals surface area contributed by atoms with E-state index in [2.05, 4.69) is 15.0 Å². The number of aromatic nitrogens is 4. The third-order valence-electron chi connectivity index (χ3n) is 3.10. The Morgan fingerprint density at radius 2 is 2.13 bits per heavy atom. The van der Waals surface area contributed by atoms with Crippen LogP contribution < -0.4 is 5.56 Å². The molecule has 3 aromatic rings. The van der Waals surface area contributed by atoms with Gasteiger partial charge in [0.05, 0.1) is 11.8 Å². The van der Waals surface area contributed by atoms with Gasteiger partial charge in [-0.25, -0.2) is 9.97 Å². The van der Waals surface area contributed by atoms with Crippen LogP contribution in [0.3, 0.4) is 0 Å². The Morgan fingerprint density at radius 1 is 1.35 bits per heavy atom. The molecule has 0 unspecified atom stereocenters. The molecule has 5 nitrogen and oxygen atoms in total. The quantitative estimate of drug-likeness (QED) is 0.744. The standard InChI is InChI=1S/C14H11F3N4OS/c1-2-23-13-12(9-5-19-11(22)6-18-9)20-10-4-3-8(7-21(10)13)14(15,16)17/h3-7H,2H2,1H3,(H,19,22). The number of imidazole rings is 1. The number of hydrogen-bond acceptors (Lipinski definition) is 4. The zero-order valence-electron chi connectivity index (χ0n) is 11.9. The predicted octanol–water partition coefficient (Wildman–Crippen LogP) is 3.22. The molecule has 0 fully saturated rings. The third kappa shape index (κ3) is 2.96. The fraction of sp³-hybridized carbons (Fsp3) is 0.214. The number of hydrogen-bond donors (Lipinski definition) is 1. The van der Waals surface area contributed by atoms with Crippen LogP contribution in [0.15, 0.2) is 40.5 Å². The number of pyridine rings is 1. The lowest BCUT2D eigenvalue weighted by Gasteiger charge is -2.08. The highest BCUT2D eigenvalue weighted by molar-refractivity contribution is 7.99. The van der Waals surface area contributed by atoms with E-state index in [1.54, 1.807) is 0 Å². The molecule has 0 aliphatic carbocycles. The first-order valence-electron chi connectivity index (χ1n) is 6.67. The van der Waals surface area contributed by atoms with Crippen molar-refractivity contribution in [1.82, 2.24) is 19.4 Å². The molecule has 23 heavy (non-hydrogen) atoms. The van der Waals surface area contributed by atoms with Crippen LogP contribution in [0, 0.1) is 0 Å². The van der Waals surface area contributed by atoms with E-state index < -0.39 is 11.7 Å². The Hall–Kier alpha value is -2.29. The fourth-order valence-electron chi connectivity index (χ4n) is 2.10. The van der Waals surface area contributed by atoms with E-state index in [-0.39, 0.29) is 5.56 Å². The average Bonchev–Trinajstić information content (AvgIpc) is 2.86. The largest absolute Gasteiger partial charge is 0.417 e. The van der Waals surface area contributed by atoms with Crippen LogP contribution in [-0.4, -0.2) is 25.1 Å². The molecule has 0 aliphatic heterocycles. The molecule has 0 saturated carbocycles. The molecule has 0 atom stereocenters. The normalized spacial score (nSPS) is 12.0. The van der Waals surface area contributed by atoms with Gasteiger partial charge in [0.15, 0.2) is 0 Å². The molecule has 0 spiro atoms. The third-order valence-corrected chi connectivity index (χ3v) is 4.05. The molecule has 0 radical (unpaired) electrons. The van der Waals surface area contributed by atoms with Crippen LogP contribution >= 0.6 is 11.8 Å². The van der Waals surface area contributed by atoms with Gasteiger partial charge in [-0.05, 0) is 17.9 Å². The van der Waals surface area contributed by atoms with E-state index in [0.29, 0.717) is 27.8 Å². The highest BCUT2D eigenvalue weighted by atomic mass is 32.2. The maximum Gasteiger partial charge on any atom is 0.417 e. The van der Waals surface area contributed by atoms with Gasteiger partial charge in [0.2, 0.25) is 0 Å². The van der Waals surface area contributed by atoms with Crippen LogP contribution in [0.5, 0.6) is 0 Å². The van der Waals surface area contributed by atoms with E-state index in [1.165, 1.54) is 28.4 Å². The highest BCUT2D eigenvalue weighted by Crippen LogP contribution is 2.34. The lowest BCUT2D eigenvalue weighted by Crippen LogP contribution is -2.06. The van der Waals surface area contributed by atoms with Crippen LogP contribution in [-0.2, 0) is 6.18 Å². The lowest BCUT2D eigenvalue weighted by molar-refractivity contribution is -0.137. The Kier molecular flexibility index (Phi) is 3.88. The first kappa shape index (κ1) is 15.6. The van der Waals surface area contributed by atoms with Crippen molar-refractivity contribution in [3.8, 4) is 11.4 Å². The van der Waals surface area contributed by atoms with Gasteiger partial charge >= 0.3 is 6.18 Å². The molecule has 9 heteroatoms. The smallest absolute Gasteiger partial charge is 0.326 e. The molecule has 120 valence electrons. The zero-order chi connectivity index (χ0) is 16.6. The summed E-state index contributed by atoms with van der Waals surface area (Å²) in [5.41, 5.74) is 0.116. The summed E-state index contributed by atoms with van der Waals surface area (Å²) in [6.45, 7) is 1.89. The summed E-state index contributed by atoms with van der Waals surface area (Å²) in [5, 5.41) is 0.549. The fourth-order valence-corrected chi connectivity index (χ4v) is 2.95. The lowest BCUT2D eigenvalue weighted by atomic mass is 10.3. The maximum atomic E-state index is 12.9.